The van der Waals surface area contributed by atoms with Crippen molar-refractivity contribution in [3.63, 3.8) is 0 Å². The van der Waals surface area contributed by atoms with E-state index in [1.54, 1.807) is 13.8 Å². The molecule has 0 bridgehead atoms. The Bertz CT molecular complexity index is 685. The topological polar surface area (TPSA) is 67.2 Å². The Morgan fingerprint density at radius 3 is 2.77 bits per heavy atom. The van der Waals surface area contributed by atoms with Crippen LogP contribution < -0.4 is 5.32 Å². The Morgan fingerprint density at radius 2 is 2.14 bits per heavy atom. The Balaban J connectivity index is 2.26. The third-order valence-electron chi connectivity index (χ3n) is 3.20. The van der Waals surface area contributed by atoms with Gasteiger partial charge in [-0.25, -0.2) is 13.5 Å². The SMILES string of the molecule is Cc1cc(C(=O)NC(C)CCO)nn1-c1ccc(F)cc1F. The summed E-state index contributed by atoms with van der Waals surface area (Å²) in [4.78, 5) is 12.0. The van der Waals surface area contributed by atoms with Crippen molar-refractivity contribution < 1.29 is 18.7 Å². The molecule has 0 aliphatic rings. The zero-order valence-corrected chi connectivity index (χ0v) is 12.3. The van der Waals surface area contributed by atoms with Crippen molar-refractivity contribution in [1.82, 2.24) is 15.1 Å². The summed E-state index contributed by atoms with van der Waals surface area (Å²) >= 11 is 0. The number of rotatable bonds is 5. The molecule has 2 rings (SSSR count). The number of amides is 1. The number of aliphatic hydroxyl groups is 1. The van der Waals surface area contributed by atoms with E-state index in [4.69, 9.17) is 5.11 Å². The number of benzene rings is 1. The fraction of sp³-hybridized carbons (Fsp3) is 0.333. The van der Waals surface area contributed by atoms with Gasteiger partial charge >= 0.3 is 0 Å². The smallest absolute Gasteiger partial charge is 0.272 e. The first kappa shape index (κ1) is 16.1. The van der Waals surface area contributed by atoms with E-state index in [1.165, 1.54) is 16.8 Å². The molecule has 1 aromatic carbocycles. The van der Waals surface area contributed by atoms with E-state index in [0.717, 1.165) is 12.1 Å². The van der Waals surface area contributed by atoms with Crippen LogP contribution in [0.4, 0.5) is 8.78 Å². The van der Waals surface area contributed by atoms with Crippen molar-refractivity contribution in [1.29, 1.82) is 0 Å². The zero-order chi connectivity index (χ0) is 16.3. The summed E-state index contributed by atoms with van der Waals surface area (Å²) in [7, 11) is 0. The summed E-state index contributed by atoms with van der Waals surface area (Å²) in [5.74, 6) is -1.85. The molecule has 0 spiro atoms. The normalized spacial score (nSPS) is 12.2. The molecule has 2 N–H and O–H groups in total. The maximum absolute atomic E-state index is 13.8. The van der Waals surface area contributed by atoms with Crippen molar-refractivity contribution in [2.24, 2.45) is 0 Å². The van der Waals surface area contributed by atoms with Gasteiger partial charge in [-0.1, -0.05) is 0 Å². The second-order valence-electron chi connectivity index (χ2n) is 5.07. The standard InChI is InChI=1S/C15H17F2N3O2/c1-9(5-6-21)18-15(22)13-7-10(2)20(19-13)14-4-3-11(16)8-12(14)17/h3-4,7-9,21H,5-6H2,1-2H3,(H,18,22). The first-order valence-corrected chi connectivity index (χ1v) is 6.86. The Hall–Kier alpha value is -2.28. The lowest BCUT2D eigenvalue weighted by Gasteiger charge is -2.10. The molecule has 0 saturated heterocycles. The minimum atomic E-state index is -0.758. The molecule has 1 atom stereocenters. The molecule has 0 saturated carbocycles. The number of aryl methyl sites for hydroxylation is 1. The van der Waals surface area contributed by atoms with Gasteiger partial charge in [-0.3, -0.25) is 4.79 Å². The Morgan fingerprint density at radius 1 is 1.41 bits per heavy atom. The number of aliphatic hydroxyl groups excluding tert-OH is 1. The predicted molar refractivity (Wildman–Crippen MR) is 76.8 cm³/mol. The van der Waals surface area contributed by atoms with Gasteiger partial charge in [0.05, 0.1) is 0 Å². The highest BCUT2D eigenvalue weighted by atomic mass is 19.1. The lowest BCUT2D eigenvalue weighted by molar-refractivity contribution is 0.0929. The second-order valence-corrected chi connectivity index (χ2v) is 5.07. The maximum atomic E-state index is 13.8. The molecule has 0 aliphatic carbocycles. The second kappa shape index (κ2) is 6.65. The molecule has 1 unspecified atom stereocenters. The van der Waals surface area contributed by atoms with Crippen molar-refractivity contribution in [3.05, 3.63) is 47.3 Å². The summed E-state index contributed by atoms with van der Waals surface area (Å²) in [5, 5.41) is 15.6. The number of hydrogen-bond acceptors (Lipinski definition) is 3. The van der Waals surface area contributed by atoms with Crippen LogP contribution in [-0.4, -0.2) is 33.4 Å². The van der Waals surface area contributed by atoms with Gasteiger partial charge < -0.3 is 10.4 Å². The summed E-state index contributed by atoms with van der Waals surface area (Å²) in [6, 6.07) is 4.47. The average molecular weight is 309 g/mol. The van der Waals surface area contributed by atoms with Gasteiger partial charge in [0.2, 0.25) is 0 Å². The summed E-state index contributed by atoms with van der Waals surface area (Å²) in [6.07, 6.45) is 0.429. The molecular weight excluding hydrogens is 292 g/mol. The lowest BCUT2D eigenvalue weighted by Crippen LogP contribution is -2.33. The third-order valence-corrected chi connectivity index (χ3v) is 3.20. The highest BCUT2D eigenvalue weighted by Crippen LogP contribution is 2.17. The highest BCUT2D eigenvalue weighted by molar-refractivity contribution is 5.92. The van der Waals surface area contributed by atoms with Crippen LogP contribution in [0.3, 0.4) is 0 Å². The van der Waals surface area contributed by atoms with Crippen LogP contribution in [0.25, 0.3) is 5.69 Å². The van der Waals surface area contributed by atoms with E-state index in [-0.39, 0.29) is 24.0 Å². The Labute approximate surface area is 126 Å². The summed E-state index contributed by atoms with van der Waals surface area (Å²) in [5.41, 5.74) is 0.748. The van der Waals surface area contributed by atoms with Crippen LogP contribution in [0.5, 0.6) is 0 Å². The fourth-order valence-corrected chi connectivity index (χ4v) is 2.05. The molecule has 1 heterocycles. The quantitative estimate of drug-likeness (QED) is 0.887. The Kier molecular flexibility index (Phi) is 4.87. The molecule has 0 radical (unpaired) electrons. The van der Waals surface area contributed by atoms with Crippen molar-refractivity contribution >= 4 is 5.91 Å². The van der Waals surface area contributed by atoms with E-state index < -0.39 is 17.5 Å². The van der Waals surface area contributed by atoms with Crippen LogP contribution >= 0.6 is 0 Å². The van der Waals surface area contributed by atoms with Crippen LogP contribution in [0.2, 0.25) is 0 Å². The van der Waals surface area contributed by atoms with Gasteiger partial charge in [0, 0.05) is 24.4 Å². The fourth-order valence-electron chi connectivity index (χ4n) is 2.05. The third kappa shape index (κ3) is 3.48. The summed E-state index contributed by atoms with van der Waals surface area (Å²) in [6.45, 7) is 3.40. The van der Waals surface area contributed by atoms with Gasteiger partial charge in [-0.15, -0.1) is 0 Å². The molecule has 0 fully saturated rings. The minimum absolute atomic E-state index is 0.0320. The van der Waals surface area contributed by atoms with Gasteiger partial charge in [-0.05, 0) is 38.5 Å². The largest absolute Gasteiger partial charge is 0.396 e. The zero-order valence-electron chi connectivity index (χ0n) is 12.3. The van der Waals surface area contributed by atoms with Crippen LogP contribution in [0, 0.1) is 18.6 Å². The van der Waals surface area contributed by atoms with Crippen molar-refractivity contribution in [2.75, 3.05) is 6.61 Å². The van der Waals surface area contributed by atoms with Gasteiger partial charge in [0.1, 0.15) is 11.5 Å². The van der Waals surface area contributed by atoms with Gasteiger partial charge in [-0.2, -0.15) is 5.10 Å². The molecule has 1 amide bonds. The number of aromatic nitrogens is 2. The highest BCUT2D eigenvalue weighted by Gasteiger charge is 2.17. The number of hydrogen-bond donors (Lipinski definition) is 2. The first-order valence-electron chi connectivity index (χ1n) is 6.86. The molecule has 22 heavy (non-hydrogen) atoms. The van der Waals surface area contributed by atoms with Gasteiger partial charge in [0.25, 0.3) is 5.91 Å². The molecule has 7 heteroatoms. The number of carbonyl (C=O) groups is 1. The van der Waals surface area contributed by atoms with E-state index in [9.17, 15) is 13.6 Å². The van der Waals surface area contributed by atoms with Crippen molar-refractivity contribution in [2.45, 2.75) is 26.3 Å². The summed E-state index contributed by atoms with van der Waals surface area (Å²) < 4.78 is 28.0. The molecule has 1 aromatic heterocycles. The van der Waals surface area contributed by atoms with Crippen LogP contribution in [0.15, 0.2) is 24.3 Å². The van der Waals surface area contributed by atoms with E-state index in [1.807, 2.05) is 0 Å². The average Bonchev–Trinajstić information content (AvgIpc) is 2.81. The van der Waals surface area contributed by atoms with Crippen LogP contribution in [-0.2, 0) is 0 Å². The van der Waals surface area contributed by atoms with Crippen LogP contribution in [0.1, 0.15) is 29.5 Å². The monoisotopic (exact) mass is 309 g/mol. The van der Waals surface area contributed by atoms with Gasteiger partial charge in [0.15, 0.2) is 11.5 Å². The van der Waals surface area contributed by atoms with E-state index in [0.29, 0.717) is 12.1 Å². The molecule has 2 aromatic rings. The number of carbonyl (C=O) groups excluding carboxylic acids is 1. The molecule has 118 valence electrons. The van der Waals surface area contributed by atoms with E-state index in [2.05, 4.69) is 10.4 Å². The number of nitrogens with one attached hydrogen (secondary N) is 1. The number of nitrogens with zero attached hydrogens (tertiary/aromatic N) is 2. The van der Waals surface area contributed by atoms with Crippen molar-refractivity contribution in [3.8, 4) is 5.69 Å². The minimum Gasteiger partial charge on any atom is -0.396 e. The molecular formula is C15H17F2N3O2. The lowest BCUT2D eigenvalue weighted by atomic mass is 10.2. The molecule has 5 nitrogen and oxygen atoms in total. The number of halogens is 2. The first-order chi connectivity index (χ1) is 10.4. The molecule has 0 aliphatic heterocycles. The maximum Gasteiger partial charge on any atom is 0.272 e. The van der Waals surface area contributed by atoms with E-state index >= 15 is 0 Å². The predicted octanol–water partition coefficient (Wildman–Crippen LogP) is 1.96.